The third-order valence-corrected chi connectivity index (χ3v) is 6.20. The summed E-state index contributed by atoms with van der Waals surface area (Å²) in [6.45, 7) is 11.8. The molecule has 35 heavy (non-hydrogen) atoms. The number of halogens is 2. The molecule has 192 valence electrons. The van der Waals surface area contributed by atoms with Crippen LogP contribution in [0.1, 0.15) is 50.4 Å². The van der Waals surface area contributed by atoms with Crippen LogP contribution in [0.3, 0.4) is 0 Å². The monoisotopic (exact) mass is 504 g/mol. The van der Waals surface area contributed by atoms with E-state index >= 15 is 0 Å². The molecule has 8 heteroatoms. The molecule has 0 spiro atoms. The Morgan fingerprint density at radius 1 is 1.14 bits per heavy atom. The van der Waals surface area contributed by atoms with E-state index in [1.807, 2.05) is 39.0 Å². The third-order valence-electron chi connectivity index (χ3n) is 5.95. The van der Waals surface area contributed by atoms with Gasteiger partial charge in [0, 0.05) is 24.2 Å². The highest BCUT2D eigenvalue weighted by Crippen LogP contribution is 2.37. The summed E-state index contributed by atoms with van der Waals surface area (Å²) in [5.41, 5.74) is 2.55. The normalized spacial score (nSPS) is 11.8. The number of benzene rings is 1. The predicted molar refractivity (Wildman–Crippen MR) is 143 cm³/mol. The van der Waals surface area contributed by atoms with E-state index in [9.17, 15) is 9.50 Å². The second-order valence-electron chi connectivity index (χ2n) is 8.17. The highest BCUT2D eigenvalue weighted by Gasteiger charge is 2.23. The van der Waals surface area contributed by atoms with E-state index in [4.69, 9.17) is 16.3 Å². The molecule has 1 aromatic carbocycles. The molecule has 0 aliphatic heterocycles. The van der Waals surface area contributed by atoms with Crippen LogP contribution < -0.4 is 10.1 Å². The number of hydrogen-bond donors (Lipinski definition) is 2. The van der Waals surface area contributed by atoms with Crippen molar-refractivity contribution in [3.8, 4) is 5.88 Å². The Hall–Kier alpha value is -2.48. The average molecular weight is 505 g/mol. The van der Waals surface area contributed by atoms with Gasteiger partial charge in [-0.15, -0.1) is 0 Å². The summed E-state index contributed by atoms with van der Waals surface area (Å²) in [5, 5.41) is 14.1. The fraction of sp³-hybridized carbons (Fsp3) is 0.481. The standard InChI is InChI=1S/C25H32ClFN4O2.C2H6/c1-5-6-12-31(14-18-10-8-7-9-11-18)19(15-32)13-28-24-21-20(16(2)17(3)29-24)22(27)23(26)30-25(21)33-4;1-2/h7-11,19,32H,5-6,12-15H2,1-4H3,(H,28,29);1-2H3. The van der Waals surface area contributed by atoms with Crippen LogP contribution in [-0.4, -0.2) is 52.8 Å². The summed E-state index contributed by atoms with van der Waals surface area (Å²) >= 11 is 6.02. The minimum absolute atomic E-state index is 0.0259. The molecule has 0 aliphatic carbocycles. The van der Waals surface area contributed by atoms with Gasteiger partial charge in [-0.05, 0) is 37.9 Å². The van der Waals surface area contributed by atoms with Crippen LogP contribution in [0, 0.1) is 19.7 Å². The third kappa shape index (κ3) is 7.03. The summed E-state index contributed by atoms with van der Waals surface area (Å²) in [6.07, 6.45) is 2.08. The molecule has 1 unspecified atom stereocenters. The maximum absolute atomic E-state index is 15.0. The van der Waals surface area contributed by atoms with Gasteiger partial charge in [0.1, 0.15) is 5.82 Å². The summed E-state index contributed by atoms with van der Waals surface area (Å²) in [7, 11) is 1.47. The van der Waals surface area contributed by atoms with Crippen LogP contribution in [0.5, 0.6) is 5.88 Å². The Morgan fingerprint density at radius 3 is 2.43 bits per heavy atom. The lowest BCUT2D eigenvalue weighted by Gasteiger charge is -2.31. The molecule has 0 amide bonds. The van der Waals surface area contributed by atoms with Crippen LogP contribution in [0.2, 0.25) is 5.15 Å². The molecule has 3 rings (SSSR count). The van der Waals surface area contributed by atoms with E-state index in [1.165, 1.54) is 12.7 Å². The molecule has 2 aromatic heterocycles. The summed E-state index contributed by atoms with van der Waals surface area (Å²) in [6, 6.07) is 10.0. The van der Waals surface area contributed by atoms with Crippen molar-refractivity contribution in [3.05, 3.63) is 58.1 Å². The summed E-state index contributed by atoms with van der Waals surface area (Å²) in [4.78, 5) is 11.0. The van der Waals surface area contributed by atoms with Crippen molar-refractivity contribution in [1.29, 1.82) is 0 Å². The van der Waals surface area contributed by atoms with Gasteiger partial charge in [-0.3, -0.25) is 4.90 Å². The molecule has 0 radical (unpaired) electrons. The lowest BCUT2D eigenvalue weighted by molar-refractivity contribution is 0.122. The largest absolute Gasteiger partial charge is 0.480 e. The van der Waals surface area contributed by atoms with Crippen molar-refractivity contribution in [1.82, 2.24) is 14.9 Å². The van der Waals surface area contributed by atoms with Crippen molar-refractivity contribution in [2.75, 3.05) is 32.1 Å². The minimum Gasteiger partial charge on any atom is -0.480 e. The number of aliphatic hydroxyl groups excluding tert-OH is 1. The van der Waals surface area contributed by atoms with E-state index in [2.05, 4.69) is 39.2 Å². The van der Waals surface area contributed by atoms with E-state index in [0.29, 0.717) is 34.4 Å². The summed E-state index contributed by atoms with van der Waals surface area (Å²) < 4.78 is 20.4. The van der Waals surface area contributed by atoms with Crippen molar-refractivity contribution >= 4 is 28.2 Å². The summed E-state index contributed by atoms with van der Waals surface area (Å²) in [5.74, 6) is 0.0784. The molecule has 0 aliphatic rings. The Morgan fingerprint density at radius 2 is 1.83 bits per heavy atom. The van der Waals surface area contributed by atoms with Crippen molar-refractivity contribution in [2.45, 2.75) is 60.0 Å². The number of aromatic nitrogens is 2. The number of rotatable bonds is 11. The van der Waals surface area contributed by atoms with Crippen molar-refractivity contribution in [3.63, 3.8) is 0 Å². The molecular weight excluding hydrogens is 467 g/mol. The second kappa shape index (κ2) is 14.2. The Kier molecular flexibility index (Phi) is 11.6. The molecule has 6 nitrogen and oxygen atoms in total. The minimum atomic E-state index is -0.592. The average Bonchev–Trinajstić information content (AvgIpc) is 2.88. The number of anilines is 1. The number of unbranched alkanes of at least 4 members (excludes halogenated alkanes) is 1. The first-order valence-corrected chi connectivity index (χ1v) is 12.6. The molecule has 2 heterocycles. The zero-order valence-electron chi connectivity index (χ0n) is 21.7. The molecular formula is C27H38ClFN4O2. The van der Waals surface area contributed by atoms with Gasteiger partial charge in [0.05, 0.1) is 25.1 Å². The zero-order valence-corrected chi connectivity index (χ0v) is 22.4. The Bertz CT molecular complexity index is 1070. The number of pyridine rings is 2. The van der Waals surface area contributed by atoms with Crippen molar-refractivity contribution in [2.24, 2.45) is 0 Å². The predicted octanol–water partition coefficient (Wildman–Crippen LogP) is 6.15. The van der Waals surface area contributed by atoms with Gasteiger partial charge in [0.15, 0.2) is 11.0 Å². The lowest BCUT2D eigenvalue weighted by atomic mass is 10.1. The van der Waals surface area contributed by atoms with Gasteiger partial charge in [0.2, 0.25) is 5.88 Å². The number of aryl methyl sites for hydroxylation is 2. The van der Waals surface area contributed by atoms with Crippen LogP contribution in [0.4, 0.5) is 10.2 Å². The SMILES string of the molecule is CC.CCCCN(Cc1ccccc1)C(CO)CNc1nc(C)c(C)c2c(F)c(Cl)nc(OC)c12. The molecule has 0 saturated carbocycles. The van der Waals surface area contributed by atoms with Crippen LogP contribution in [-0.2, 0) is 6.54 Å². The van der Waals surface area contributed by atoms with E-state index in [1.54, 1.807) is 6.92 Å². The lowest BCUT2D eigenvalue weighted by Crippen LogP contribution is -2.43. The van der Waals surface area contributed by atoms with Gasteiger partial charge in [-0.2, -0.15) is 4.98 Å². The van der Waals surface area contributed by atoms with Crippen LogP contribution in [0.25, 0.3) is 10.8 Å². The van der Waals surface area contributed by atoms with Crippen molar-refractivity contribution < 1.29 is 14.2 Å². The zero-order chi connectivity index (χ0) is 26.0. The molecule has 0 bridgehead atoms. The maximum Gasteiger partial charge on any atom is 0.226 e. The van der Waals surface area contributed by atoms with Crippen LogP contribution >= 0.6 is 11.6 Å². The first-order valence-electron chi connectivity index (χ1n) is 12.2. The highest BCUT2D eigenvalue weighted by atomic mass is 35.5. The molecule has 2 N–H and O–H groups in total. The highest BCUT2D eigenvalue weighted by molar-refractivity contribution is 6.30. The quantitative estimate of drug-likeness (QED) is 0.305. The number of hydrogen-bond acceptors (Lipinski definition) is 6. The number of methoxy groups -OCH3 is 1. The number of nitrogens with one attached hydrogen (secondary N) is 1. The fourth-order valence-corrected chi connectivity index (χ4v) is 4.11. The van der Waals surface area contributed by atoms with E-state index in [-0.39, 0.29) is 23.7 Å². The van der Waals surface area contributed by atoms with Gasteiger partial charge in [-0.1, -0.05) is 69.1 Å². The second-order valence-corrected chi connectivity index (χ2v) is 8.53. The number of ether oxygens (including phenoxy) is 1. The number of aliphatic hydroxyl groups is 1. The molecule has 3 aromatic rings. The molecule has 1 atom stereocenters. The molecule has 0 fully saturated rings. The number of nitrogens with zero attached hydrogens (tertiary/aromatic N) is 3. The maximum atomic E-state index is 15.0. The van der Waals surface area contributed by atoms with E-state index in [0.717, 1.165) is 25.9 Å². The smallest absolute Gasteiger partial charge is 0.226 e. The molecule has 0 saturated heterocycles. The van der Waals surface area contributed by atoms with Gasteiger partial charge in [0.25, 0.3) is 0 Å². The first kappa shape index (κ1) is 28.8. The van der Waals surface area contributed by atoms with E-state index < -0.39 is 5.82 Å². The number of fused-ring (bicyclic) bond motifs is 1. The topological polar surface area (TPSA) is 70.5 Å². The van der Waals surface area contributed by atoms with Gasteiger partial charge < -0.3 is 15.2 Å². The van der Waals surface area contributed by atoms with Gasteiger partial charge in [-0.25, -0.2) is 9.37 Å². The fourth-order valence-electron chi connectivity index (χ4n) is 3.94. The Labute approximate surface area is 213 Å². The van der Waals surface area contributed by atoms with Gasteiger partial charge >= 0.3 is 0 Å². The Balaban J connectivity index is 0.00000210. The van der Waals surface area contributed by atoms with Crippen LogP contribution in [0.15, 0.2) is 30.3 Å². The first-order chi connectivity index (χ1) is 16.9.